The lowest BCUT2D eigenvalue weighted by atomic mass is 9.87. The van der Waals surface area contributed by atoms with Gasteiger partial charge in [-0.2, -0.15) is 13.2 Å². The zero-order valence-electron chi connectivity index (χ0n) is 10.3. The Balaban J connectivity index is 2.27. The van der Waals surface area contributed by atoms with Crippen molar-refractivity contribution in [3.8, 4) is 5.75 Å². The van der Waals surface area contributed by atoms with Gasteiger partial charge in [0.2, 0.25) is 0 Å². The molecule has 0 aromatic heterocycles. The number of phenols is 1. The van der Waals surface area contributed by atoms with Gasteiger partial charge in [0.15, 0.2) is 0 Å². The van der Waals surface area contributed by atoms with Crippen LogP contribution in [0.1, 0.15) is 30.0 Å². The fourth-order valence-corrected chi connectivity index (χ4v) is 2.33. The van der Waals surface area contributed by atoms with E-state index in [-0.39, 0.29) is 17.2 Å². The number of aromatic hydroxyl groups is 1. The summed E-state index contributed by atoms with van der Waals surface area (Å²) >= 11 is 0. The van der Waals surface area contributed by atoms with Crippen LogP contribution in [-0.2, 0) is 10.9 Å². The van der Waals surface area contributed by atoms with Gasteiger partial charge in [0.05, 0.1) is 5.56 Å². The molecular formula is C13H16F3NO2. The second kappa shape index (κ2) is 5.38. The number of benzene rings is 1. The van der Waals surface area contributed by atoms with Crippen LogP contribution < -0.4 is 5.73 Å². The zero-order chi connectivity index (χ0) is 14.0. The molecule has 1 atom stereocenters. The first-order chi connectivity index (χ1) is 8.89. The molecule has 1 aliphatic rings. The minimum absolute atomic E-state index is 0.0307. The molecule has 1 aromatic rings. The lowest BCUT2D eigenvalue weighted by Crippen LogP contribution is -2.27. The minimum atomic E-state index is -4.43. The summed E-state index contributed by atoms with van der Waals surface area (Å²) in [6.45, 7) is 1.11. The van der Waals surface area contributed by atoms with Gasteiger partial charge in [-0.3, -0.25) is 0 Å². The van der Waals surface area contributed by atoms with E-state index in [9.17, 15) is 18.3 Å². The van der Waals surface area contributed by atoms with Crippen molar-refractivity contribution in [1.29, 1.82) is 0 Å². The van der Waals surface area contributed by atoms with Crippen LogP contribution in [-0.4, -0.2) is 18.3 Å². The van der Waals surface area contributed by atoms with Crippen molar-refractivity contribution in [2.24, 2.45) is 11.7 Å². The smallest absolute Gasteiger partial charge is 0.416 e. The Morgan fingerprint density at radius 2 is 1.89 bits per heavy atom. The highest BCUT2D eigenvalue weighted by atomic mass is 19.4. The monoisotopic (exact) mass is 275 g/mol. The van der Waals surface area contributed by atoms with E-state index in [1.54, 1.807) is 0 Å². The van der Waals surface area contributed by atoms with Crippen LogP contribution in [0.4, 0.5) is 13.2 Å². The highest BCUT2D eigenvalue weighted by Crippen LogP contribution is 2.37. The summed E-state index contributed by atoms with van der Waals surface area (Å²) in [6.07, 6.45) is -3.05. The Bertz CT molecular complexity index is 442. The third-order valence-electron chi connectivity index (χ3n) is 3.49. The molecule has 0 saturated carbocycles. The van der Waals surface area contributed by atoms with Gasteiger partial charge in [-0.15, -0.1) is 0 Å². The van der Waals surface area contributed by atoms with Crippen molar-refractivity contribution in [3.05, 3.63) is 29.3 Å². The Hall–Kier alpha value is -1.27. The van der Waals surface area contributed by atoms with E-state index in [1.165, 1.54) is 0 Å². The van der Waals surface area contributed by atoms with E-state index in [4.69, 9.17) is 10.5 Å². The average Bonchev–Trinajstić information content (AvgIpc) is 2.38. The Labute approximate surface area is 109 Å². The first kappa shape index (κ1) is 14.1. The largest absolute Gasteiger partial charge is 0.508 e. The fraction of sp³-hybridized carbons (Fsp3) is 0.538. The molecule has 1 aliphatic heterocycles. The van der Waals surface area contributed by atoms with E-state index in [0.29, 0.717) is 26.1 Å². The lowest BCUT2D eigenvalue weighted by Gasteiger charge is -2.28. The molecule has 0 unspecified atom stereocenters. The molecule has 6 heteroatoms. The van der Waals surface area contributed by atoms with E-state index in [0.717, 1.165) is 18.2 Å². The molecular weight excluding hydrogens is 259 g/mol. The van der Waals surface area contributed by atoms with Crippen LogP contribution in [0.3, 0.4) is 0 Å². The molecule has 1 heterocycles. The van der Waals surface area contributed by atoms with Gasteiger partial charge in [-0.05, 0) is 37.0 Å². The van der Waals surface area contributed by atoms with Gasteiger partial charge in [0, 0.05) is 24.8 Å². The van der Waals surface area contributed by atoms with Gasteiger partial charge >= 0.3 is 6.18 Å². The van der Waals surface area contributed by atoms with Crippen LogP contribution in [0, 0.1) is 5.92 Å². The topological polar surface area (TPSA) is 55.5 Å². The molecule has 3 nitrogen and oxygen atoms in total. The number of nitrogens with two attached hydrogens (primary N) is 1. The molecule has 0 spiro atoms. The number of rotatable bonds is 2. The van der Waals surface area contributed by atoms with Crippen molar-refractivity contribution < 1.29 is 23.0 Å². The number of hydrogen-bond donors (Lipinski definition) is 2. The Kier molecular flexibility index (Phi) is 4.01. The predicted octanol–water partition coefficient (Wildman–Crippen LogP) is 2.84. The summed E-state index contributed by atoms with van der Waals surface area (Å²) in [5.41, 5.74) is 5.37. The van der Waals surface area contributed by atoms with Crippen LogP contribution in [0.2, 0.25) is 0 Å². The summed E-state index contributed by atoms with van der Waals surface area (Å²) < 4.78 is 43.2. The van der Waals surface area contributed by atoms with Crippen molar-refractivity contribution in [2.45, 2.75) is 25.1 Å². The molecule has 0 aliphatic carbocycles. The van der Waals surface area contributed by atoms with Crippen molar-refractivity contribution in [1.82, 2.24) is 0 Å². The fourth-order valence-electron chi connectivity index (χ4n) is 2.33. The maximum absolute atomic E-state index is 12.7. The van der Waals surface area contributed by atoms with Crippen LogP contribution in [0.25, 0.3) is 0 Å². The first-order valence-electron chi connectivity index (χ1n) is 6.13. The molecule has 106 valence electrons. The summed E-state index contributed by atoms with van der Waals surface area (Å²) in [7, 11) is 0. The highest BCUT2D eigenvalue weighted by molar-refractivity contribution is 5.39. The summed E-state index contributed by atoms with van der Waals surface area (Å²) in [6, 6.07) is 2.24. The van der Waals surface area contributed by atoms with Crippen LogP contribution >= 0.6 is 0 Å². The highest BCUT2D eigenvalue weighted by Gasteiger charge is 2.32. The molecule has 1 saturated heterocycles. The Morgan fingerprint density at radius 3 is 2.47 bits per heavy atom. The van der Waals surface area contributed by atoms with E-state index < -0.39 is 17.8 Å². The van der Waals surface area contributed by atoms with E-state index in [2.05, 4.69) is 0 Å². The lowest BCUT2D eigenvalue weighted by molar-refractivity contribution is -0.137. The second-order valence-electron chi connectivity index (χ2n) is 4.75. The Morgan fingerprint density at radius 1 is 1.26 bits per heavy atom. The standard InChI is InChI=1S/C13H16F3NO2/c14-13(15,16)9-1-2-11(18)10(7-9)12(17)8-3-5-19-6-4-8/h1-2,7-8,12,18H,3-6,17H2/t12-/m0/s1. The van der Waals surface area contributed by atoms with Crippen molar-refractivity contribution in [2.75, 3.05) is 13.2 Å². The van der Waals surface area contributed by atoms with Gasteiger partial charge in [-0.25, -0.2) is 0 Å². The first-order valence-corrected chi connectivity index (χ1v) is 6.13. The van der Waals surface area contributed by atoms with Crippen LogP contribution in [0.15, 0.2) is 18.2 Å². The second-order valence-corrected chi connectivity index (χ2v) is 4.75. The number of halogens is 3. The maximum Gasteiger partial charge on any atom is 0.416 e. The molecule has 2 rings (SSSR count). The van der Waals surface area contributed by atoms with E-state index in [1.807, 2.05) is 0 Å². The molecule has 0 radical (unpaired) electrons. The molecule has 3 N–H and O–H groups in total. The molecule has 19 heavy (non-hydrogen) atoms. The van der Waals surface area contributed by atoms with Crippen LogP contribution in [0.5, 0.6) is 5.75 Å². The summed E-state index contributed by atoms with van der Waals surface area (Å²) in [5, 5.41) is 9.72. The van der Waals surface area contributed by atoms with E-state index >= 15 is 0 Å². The minimum Gasteiger partial charge on any atom is -0.508 e. The third-order valence-corrected chi connectivity index (χ3v) is 3.49. The quantitative estimate of drug-likeness (QED) is 0.872. The number of phenolic OH excluding ortho intramolecular Hbond substituents is 1. The summed E-state index contributed by atoms with van der Waals surface area (Å²) in [4.78, 5) is 0. The van der Waals surface area contributed by atoms with Gasteiger partial charge in [-0.1, -0.05) is 0 Å². The SMILES string of the molecule is N[C@H](c1cc(C(F)(F)F)ccc1O)C1CCOCC1. The van der Waals surface area contributed by atoms with Crippen molar-refractivity contribution >= 4 is 0 Å². The van der Waals surface area contributed by atoms with Crippen molar-refractivity contribution in [3.63, 3.8) is 0 Å². The number of ether oxygens (including phenoxy) is 1. The average molecular weight is 275 g/mol. The third kappa shape index (κ3) is 3.19. The number of hydrogen-bond acceptors (Lipinski definition) is 3. The maximum atomic E-state index is 12.7. The van der Waals surface area contributed by atoms with Gasteiger partial charge < -0.3 is 15.6 Å². The molecule has 0 bridgehead atoms. The molecule has 1 aromatic carbocycles. The van der Waals surface area contributed by atoms with Gasteiger partial charge in [0.1, 0.15) is 5.75 Å². The van der Waals surface area contributed by atoms with Gasteiger partial charge in [0.25, 0.3) is 0 Å². The zero-order valence-corrected chi connectivity index (χ0v) is 10.3. The summed E-state index contributed by atoms with van der Waals surface area (Å²) in [5.74, 6) is -0.157. The normalized spacial score (nSPS) is 19.4. The predicted molar refractivity (Wildman–Crippen MR) is 63.6 cm³/mol. The molecule has 1 fully saturated rings. The molecule has 0 amide bonds. The number of alkyl halides is 3.